The van der Waals surface area contributed by atoms with Gasteiger partial charge in [0.25, 0.3) is 6.43 Å². The molecule has 7 heteroatoms. The van der Waals surface area contributed by atoms with Gasteiger partial charge < -0.3 is 9.26 Å². The summed E-state index contributed by atoms with van der Waals surface area (Å²) in [7, 11) is 0. The number of hydrogen-bond donors (Lipinski definition) is 0. The van der Waals surface area contributed by atoms with E-state index in [0.717, 1.165) is 12.8 Å². The average Bonchev–Trinajstić information content (AvgIpc) is 2.84. The van der Waals surface area contributed by atoms with Crippen LogP contribution in [-0.2, 0) is 16.0 Å². The van der Waals surface area contributed by atoms with Crippen LogP contribution in [0.5, 0.6) is 0 Å². The number of hydrogen-bond acceptors (Lipinski definition) is 5. The van der Waals surface area contributed by atoms with Crippen LogP contribution in [0.2, 0.25) is 0 Å². The molecule has 1 aliphatic rings. The number of carbonyl (C=O) groups is 1. The van der Waals surface area contributed by atoms with E-state index in [4.69, 9.17) is 9.26 Å². The highest BCUT2D eigenvalue weighted by Gasteiger charge is 2.24. The Bertz CT molecular complexity index is 413. The van der Waals surface area contributed by atoms with Crippen molar-refractivity contribution in [2.24, 2.45) is 0 Å². The van der Waals surface area contributed by atoms with Crippen molar-refractivity contribution in [2.75, 3.05) is 13.2 Å². The minimum atomic E-state index is -2.46. The first kappa shape index (κ1) is 14.0. The van der Waals surface area contributed by atoms with Crippen LogP contribution in [0.1, 0.15) is 43.3 Å². The topological polar surface area (TPSA) is 65.2 Å². The number of rotatable bonds is 6. The van der Waals surface area contributed by atoms with Crippen LogP contribution in [0.15, 0.2) is 4.52 Å². The van der Waals surface area contributed by atoms with Gasteiger partial charge in [0, 0.05) is 25.2 Å². The Balaban J connectivity index is 1.77. The molecular weight excluding hydrogens is 258 g/mol. The molecule has 5 nitrogen and oxygen atoms in total. The summed E-state index contributed by atoms with van der Waals surface area (Å²) in [5, 5.41) is 3.79. The summed E-state index contributed by atoms with van der Waals surface area (Å²) in [6.45, 7) is -0.429. The molecule has 0 N–H and O–H groups in total. The first-order valence-electron chi connectivity index (χ1n) is 6.35. The van der Waals surface area contributed by atoms with E-state index in [1.807, 2.05) is 0 Å². The van der Waals surface area contributed by atoms with Gasteiger partial charge in [0.1, 0.15) is 12.4 Å². The summed E-state index contributed by atoms with van der Waals surface area (Å²) in [4.78, 5) is 15.3. The number of alkyl halides is 2. The highest BCUT2D eigenvalue weighted by Crippen LogP contribution is 2.29. The number of Topliss-reactive ketones (excluding diaryl/α,β-unsaturated/α-hetero) is 1. The van der Waals surface area contributed by atoms with Crippen LogP contribution in [0.25, 0.3) is 0 Å². The molecule has 1 aromatic rings. The van der Waals surface area contributed by atoms with Crippen molar-refractivity contribution < 1.29 is 22.8 Å². The maximum Gasteiger partial charge on any atom is 0.261 e. The van der Waals surface area contributed by atoms with Crippen molar-refractivity contribution in [2.45, 2.75) is 44.4 Å². The molecule has 0 saturated heterocycles. The van der Waals surface area contributed by atoms with Crippen LogP contribution in [0, 0.1) is 0 Å². The molecule has 1 heterocycles. The van der Waals surface area contributed by atoms with Crippen molar-refractivity contribution in [1.29, 1.82) is 0 Å². The zero-order valence-electron chi connectivity index (χ0n) is 10.5. The maximum absolute atomic E-state index is 11.8. The highest BCUT2D eigenvalue weighted by molar-refractivity contribution is 5.79. The molecule has 0 radical (unpaired) electrons. The molecule has 0 bridgehead atoms. The van der Waals surface area contributed by atoms with Gasteiger partial charge in [-0.05, 0) is 12.8 Å². The number of ketones is 1. The second-order valence-electron chi connectivity index (χ2n) is 4.58. The second kappa shape index (κ2) is 6.70. The van der Waals surface area contributed by atoms with Crippen molar-refractivity contribution in [3.05, 3.63) is 11.7 Å². The largest absolute Gasteiger partial charge is 0.375 e. The van der Waals surface area contributed by atoms with E-state index in [-0.39, 0.29) is 18.3 Å². The van der Waals surface area contributed by atoms with E-state index in [2.05, 4.69) is 10.1 Å². The van der Waals surface area contributed by atoms with Crippen molar-refractivity contribution in [1.82, 2.24) is 10.1 Å². The molecule has 0 aromatic carbocycles. The van der Waals surface area contributed by atoms with E-state index in [0.29, 0.717) is 31.0 Å². The lowest BCUT2D eigenvalue weighted by Crippen LogP contribution is -2.12. The molecule has 0 atom stereocenters. The number of aromatic nitrogens is 2. The molecular formula is C12H16F2N2O3. The lowest BCUT2D eigenvalue weighted by molar-refractivity contribution is -0.120. The molecule has 0 aliphatic heterocycles. The first-order valence-corrected chi connectivity index (χ1v) is 6.35. The summed E-state index contributed by atoms with van der Waals surface area (Å²) in [5.41, 5.74) is 0. The van der Waals surface area contributed by atoms with Gasteiger partial charge in [0.2, 0.25) is 5.89 Å². The normalized spacial score (nSPS) is 17.3. The smallest absolute Gasteiger partial charge is 0.261 e. The van der Waals surface area contributed by atoms with E-state index < -0.39 is 13.0 Å². The maximum atomic E-state index is 11.8. The molecule has 1 aromatic heterocycles. The summed E-state index contributed by atoms with van der Waals surface area (Å²) in [6, 6.07) is 0. The quantitative estimate of drug-likeness (QED) is 0.743. The Morgan fingerprint density at radius 2 is 2.11 bits per heavy atom. The number of halogens is 2. The van der Waals surface area contributed by atoms with Crippen LogP contribution in [0.3, 0.4) is 0 Å². The van der Waals surface area contributed by atoms with E-state index in [1.54, 1.807) is 0 Å². The number of nitrogens with zero attached hydrogens (tertiary/aromatic N) is 2. The summed E-state index contributed by atoms with van der Waals surface area (Å²) < 4.78 is 33.6. The van der Waals surface area contributed by atoms with Crippen LogP contribution < -0.4 is 0 Å². The molecule has 106 valence electrons. The van der Waals surface area contributed by atoms with Crippen LogP contribution >= 0.6 is 0 Å². The van der Waals surface area contributed by atoms with Gasteiger partial charge in [0.15, 0.2) is 5.82 Å². The number of ether oxygens (including phenoxy) is 1. The fourth-order valence-corrected chi connectivity index (χ4v) is 2.06. The third-order valence-electron chi connectivity index (χ3n) is 3.09. The molecule has 0 amide bonds. The molecule has 1 saturated carbocycles. The van der Waals surface area contributed by atoms with Gasteiger partial charge in [-0.15, -0.1) is 0 Å². The minimum Gasteiger partial charge on any atom is -0.375 e. The average molecular weight is 274 g/mol. The first-order chi connectivity index (χ1) is 9.15. The second-order valence-corrected chi connectivity index (χ2v) is 4.58. The Kier molecular flexibility index (Phi) is 4.95. The van der Waals surface area contributed by atoms with Gasteiger partial charge >= 0.3 is 0 Å². The summed E-state index contributed by atoms with van der Waals surface area (Å²) in [6.07, 6.45) is 0.479. The fourth-order valence-electron chi connectivity index (χ4n) is 2.06. The highest BCUT2D eigenvalue weighted by atomic mass is 19.3. The lowest BCUT2D eigenvalue weighted by Gasteiger charge is -2.16. The molecule has 0 spiro atoms. The monoisotopic (exact) mass is 274 g/mol. The van der Waals surface area contributed by atoms with Crippen LogP contribution in [-0.4, -0.2) is 35.6 Å². The predicted molar refractivity (Wildman–Crippen MR) is 61.0 cm³/mol. The van der Waals surface area contributed by atoms with E-state index >= 15 is 0 Å². The molecule has 1 aliphatic carbocycles. The molecule has 19 heavy (non-hydrogen) atoms. The summed E-state index contributed by atoms with van der Waals surface area (Å²) >= 11 is 0. The van der Waals surface area contributed by atoms with Crippen molar-refractivity contribution >= 4 is 5.78 Å². The third kappa shape index (κ3) is 4.34. The molecule has 2 rings (SSSR count). The van der Waals surface area contributed by atoms with E-state index in [1.165, 1.54) is 0 Å². The summed E-state index contributed by atoms with van der Waals surface area (Å²) in [5.74, 6) is 1.41. The zero-order valence-corrected chi connectivity index (χ0v) is 10.5. The third-order valence-corrected chi connectivity index (χ3v) is 3.09. The van der Waals surface area contributed by atoms with Gasteiger partial charge in [-0.3, -0.25) is 4.79 Å². The van der Waals surface area contributed by atoms with Gasteiger partial charge in [0.05, 0.1) is 6.61 Å². The lowest BCUT2D eigenvalue weighted by atomic mass is 9.88. The van der Waals surface area contributed by atoms with Crippen molar-refractivity contribution in [3.63, 3.8) is 0 Å². The van der Waals surface area contributed by atoms with Gasteiger partial charge in [-0.25, -0.2) is 8.78 Å². The zero-order chi connectivity index (χ0) is 13.7. The Labute approximate surface area is 109 Å². The van der Waals surface area contributed by atoms with Crippen LogP contribution in [0.4, 0.5) is 8.78 Å². The molecule has 1 fully saturated rings. The van der Waals surface area contributed by atoms with Gasteiger partial charge in [-0.1, -0.05) is 5.16 Å². The van der Waals surface area contributed by atoms with Gasteiger partial charge in [-0.2, -0.15) is 4.98 Å². The van der Waals surface area contributed by atoms with Crippen molar-refractivity contribution in [3.8, 4) is 0 Å². The Hall–Kier alpha value is -1.37. The van der Waals surface area contributed by atoms with E-state index in [9.17, 15) is 13.6 Å². The number of carbonyl (C=O) groups excluding carboxylic acids is 1. The standard InChI is InChI=1S/C12H16F2N2O3/c13-10(14)7-18-6-5-11-15-12(19-16-11)8-1-3-9(17)4-2-8/h8,10H,1-7H2. The fraction of sp³-hybridized carbons (Fsp3) is 0.750. The SMILES string of the molecule is O=C1CCC(c2nc(CCOCC(F)F)no2)CC1. The predicted octanol–water partition coefficient (Wildman–Crippen LogP) is 2.12. The minimum absolute atomic E-state index is 0.140. The Morgan fingerprint density at radius 3 is 2.79 bits per heavy atom. The molecule has 0 unspecified atom stereocenters. The Morgan fingerprint density at radius 1 is 1.37 bits per heavy atom.